The molecule has 25 heavy (non-hydrogen) atoms. The number of morpholine rings is 1. The summed E-state index contributed by atoms with van der Waals surface area (Å²) < 4.78 is 12.2. The smallest absolute Gasteiger partial charge is 0.322 e. The quantitative estimate of drug-likeness (QED) is 0.619. The maximum absolute atomic E-state index is 12.5. The summed E-state index contributed by atoms with van der Waals surface area (Å²) in [7, 11) is 0. The molecule has 0 bridgehead atoms. The first-order valence-electron chi connectivity index (χ1n) is 8.97. The maximum Gasteiger partial charge on any atom is 0.322 e. The zero-order chi connectivity index (χ0) is 18.0. The molecular weight excluding hydrogens is 322 g/mol. The lowest BCUT2D eigenvalue weighted by Crippen LogP contribution is -2.42. The van der Waals surface area contributed by atoms with E-state index in [1.165, 1.54) is 0 Å². The van der Waals surface area contributed by atoms with Crippen LogP contribution in [0.4, 0.5) is 5.82 Å². The second kappa shape index (κ2) is 7.17. The summed E-state index contributed by atoms with van der Waals surface area (Å²) >= 11 is 0. The van der Waals surface area contributed by atoms with E-state index in [0.29, 0.717) is 25.4 Å². The van der Waals surface area contributed by atoms with Gasteiger partial charge in [-0.25, -0.2) is 10.1 Å². The van der Waals surface area contributed by atoms with Crippen LogP contribution in [0.5, 0.6) is 5.75 Å². The van der Waals surface area contributed by atoms with Crippen LogP contribution in [0.1, 0.15) is 38.4 Å². The van der Waals surface area contributed by atoms with Crippen LogP contribution in [0.3, 0.4) is 0 Å². The average molecular weight is 350 g/mol. The Balaban J connectivity index is 1.88. The fraction of sp³-hybridized carbons (Fsp3) is 0.667. The molecule has 0 unspecified atom stereocenters. The Morgan fingerprint density at radius 2 is 2.08 bits per heavy atom. The third-order valence-corrected chi connectivity index (χ3v) is 5.17. The number of amides is 1. The Bertz CT molecular complexity index is 654. The van der Waals surface area contributed by atoms with Gasteiger partial charge < -0.3 is 14.7 Å². The first kappa shape index (κ1) is 17.9. The minimum Gasteiger partial charge on any atom is -0.488 e. The maximum atomic E-state index is 12.5. The van der Waals surface area contributed by atoms with Gasteiger partial charge in [-0.3, -0.25) is 4.90 Å². The van der Waals surface area contributed by atoms with Crippen LogP contribution in [0.2, 0.25) is 0 Å². The molecule has 7 nitrogen and oxygen atoms in total. The first-order valence-corrected chi connectivity index (χ1v) is 8.97. The Morgan fingerprint density at radius 3 is 2.76 bits per heavy atom. The van der Waals surface area contributed by atoms with Crippen LogP contribution < -0.4 is 14.8 Å². The molecule has 0 saturated carbocycles. The minimum atomic E-state index is -0.493. The van der Waals surface area contributed by atoms with Crippen molar-refractivity contribution < 1.29 is 24.2 Å². The highest BCUT2D eigenvalue weighted by Gasteiger charge is 2.34. The van der Waals surface area contributed by atoms with E-state index in [4.69, 9.17) is 9.47 Å². The van der Waals surface area contributed by atoms with Crippen LogP contribution in [0.25, 0.3) is 0 Å². The molecule has 1 aromatic rings. The summed E-state index contributed by atoms with van der Waals surface area (Å²) in [6, 6.07) is 1.82. The number of fused-ring (bicyclic) bond motifs is 1. The minimum absolute atomic E-state index is 0.103. The Morgan fingerprint density at radius 1 is 1.36 bits per heavy atom. The number of ether oxygens (including phenoxy) is 2. The summed E-state index contributed by atoms with van der Waals surface area (Å²) in [6.07, 6.45) is 1.35. The molecule has 0 aromatic carbocycles. The third kappa shape index (κ3) is 3.72. The predicted molar refractivity (Wildman–Crippen MR) is 91.8 cm³/mol. The number of hydrogen-bond donors (Lipinski definition) is 2. The van der Waals surface area contributed by atoms with E-state index in [1.807, 2.05) is 26.8 Å². The van der Waals surface area contributed by atoms with Crippen molar-refractivity contribution in [3.05, 3.63) is 17.3 Å². The van der Waals surface area contributed by atoms with Crippen molar-refractivity contribution in [3.63, 3.8) is 0 Å². The number of hydrogen-bond acceptors (Lipinski definition) is 5. The SMILES string of the molecule is CCC(C)(C)C(=O)Nc1cc(CN2CCOCC2)c2c([n+]1O)CCO2. The molecule has 2 aliphatic rings. The van der Waals surface area contributed by atoms with Crippen molar-refractivity contribution in [2.45, 2.75) is 40.2 Å². The normalized spacial score (nSPS) is 17.9. The van der Waals surface area contributed by atoms with Gasteiger partial charge in [0.25, 0.3) is 0 Å². The van der Waals surface area contributed by atoms with Crippen LogP contribution in [0.15, 0.2) is 6.07 Å². The molecular formula is C18H28N3O4+. The highest BCUT2D eigenvalue weighted by Crippen LogP contribution is 2.31. The number of pyridine rings is 1. The van der Waals surface area contributed by atoms with Gasteiger partial charge in [-0.05, 0) is 25.0 Å². The van der Waals surface area contributed by atoms with Gasteiger partial charge in [0.2, 0.25) is 0 Å². The van der Waals surface area contributed by atoms with Gasteiger partial charge in [0.05, 0.1) is 31.7 Å². The molecule has 3 heterocycles. The van der Waals surface area contributed by atoms with E-state index in [9.17, 15) is 10.0 Å². The second-order valence-electron chi connectivity index (χ2n) is 7.32. The number of aromatic nitrogens is 1. The van der Waals surface area contributed by atoms with Crippen molar-refractivity contribution in [1.82, 2.24) is 4.90 Å². The summed E-state index contributed by atoms with van der Waals surface area (Å²) in [6.45, 7) is 10.2. The van der Waals surface area contributed by atoms with Gasteiger partial charge in [-0.1, -0.05) is 6.92 Å². The van der Waals surface area contributed by atoms with Gasteiger partial charge in [-0.15, -0.1) is 0 Å². The predicted octanol–water partition coefficient (Wildman–Crippen LogP) is 1.35. The number of rotatable bonds is 5. The van der Waals surface area contributed by atoms with Gasteiger partial charge in [0.15, 0.2) is 11.4 Å². The van der Waals surface area contributed by atoms with E-state index in [2.05, 4.69) is 10.2 Å². The number of carbonyl (C=O) groups is 1. The molecule has 0 spiro atoms. The topological polar surface area (TPSA) is 74.9 Å². The van der Waals surface area contributed by atoms with Crippen LogP contribution in [-0.4, -0.2) is 48.9 Å². The Hall–Kier alpha value is -1.86. The van der Waals surface area contributed by atoms with Gasteiger partial charge in [0, 0.05) is 31.3 Å². The lowest BCUT2D eigenvalue weighted by Gasteiger charge is -2.27. The zero-order valence-corrected chi connectivity index (χ0v) is 15.3. The molecule has 3 rings (SSSR count). The van der Waals surface area contributed by atoms with E-state index >= 15 is 0 Å². The molecule has 1 saturated heterocycles. The number of carbonyl (C=O) groups excluding carboxylic acids is 1. The van der Waals surface area contributed by atoms with Crippen LogP contribution in [-0.2, 0) is 22.5 Å². The molecule has 1 fully saturated rings. The summed E-state index contributed by atoms with van der Waals surface area (Å²) in [5.41, 5.74) is 1.21. The van der Waals surface area contributed by atoms with Crippen molar-refractivity contribution >= 4 is 11.7 Å². The second-order valence-corrected chi connectivity index (χ2v) is 7.32. The fourth-order valence-electron chi connectivity index (χ4n) is 3.02. The van der Waals surface area contributed by atoms with Crippen LogP contribution >= 0.6 is 0 Å². The number of anilines is 1. The molecule has 0 aliphatic carbocycles. The monoisotopic (exact) mass is 350 g/mol. The third-order valence-electron chi connectivity index (χ3n) is 5.17. The summed E-state index contributed by atoms with van der Waals surface area (Å²) in [5.74, 6) is 1.04. The van der Waals surface area contributed by atoms with E-state index in [-0.39, 0.29) is 5.91 Å². The average Bonchev–Trinajstić information content (AvgIpc) is 3.10. The first-order chi connectivity index (χ1) is 11.9. The summed E-state index contributed by atoms with van der Waals surface area (Å²) in [5, 5.41) is 13.4. The molecule has 0 radical (unpaired) electrons. The summed E-state index contributed by atoms with van der Waals surface area (Å²) in [4.78, 5) is 14.8. The largest absolute Gasteiger partial charge is 0.488 e. The standard InChI is InChI=1S/C18H27N3O4/c1-4-18(2,3)17(22)19-15-11-13(12-20-6-9-24-10-7-20)16-14(21(15)23)5-8-25-16/h11,23H,4-10,12H2,1-3H3/p+1. The van der Waals surface area contributed by atoms with E-state index < -0.39 is 5.41 Å². The van der Waals surface area contributed by atoms with Crippen LogP contribution in [0, 0.1) is 5.41 Å². The highest BCUT2D eigenvalue weighted by molar-refractivity contribution is 5.93. The highest BCUT2D eigenvalue weighted by atomic mass is 16.5. The Labute approximate surface area is 148 Å². The van der Waals surface area contributed by atoms with E-state index in [1.54, 1.807) is 0 Å². The van der Waals surface area contributed by atoms with Gasteiger partial charge in [-0.2, -0.15) is 0 Å². The van der Waals surface area contributed by atoms with Crippen molar-refractivity contribution in [2.75, 3.05) is 38.2 Å². The molecule has 2 N–H and O–H groups in total. The van der Waals surface area contributed by atoms with Gasteiger partial charge >= 0.3 is 11.7 Å². The molecule has 2 aliphatic heterocycles. The number of nitrogens with one attached hydrogen (secondary N) is 1. The molecule has 1 aromatic heterocycles. The molecule has 7 heteroatoms. The fourth-order valence-corrected chi connectivity index (χ4v) is 3.02. The lowest BCUT2D eigenvalue weighted by atomic mass is 9.89. The van der Waals surface area contributed by atoms with E-state index in [0.717, 1.165) is 54.5 Å². The lowest BCUT2D eigenvalue weighted by molar-refractivity contribution is -0.897. The van der Waals surface area contributed by atoms with Crippen molar-refractivity contribution in [2.24, 2.45) is 5.41 Å². The number of nitrogens with zero attached hydrogens (tertiary/aromatic N) is 2. The zero-order valence-electron chi connectivity index (χ0n) is 15.3. The van der Waals surface area contributed by atoms with Crippen molar-refractivity contribution in [3.8, 4) is 5.75 Å². The molecule has 138 valence electrons. The molecule has 0 atom stereocenters. The Kier molecular flexibility index (Phi) is 5.15. The van der Waals surface area contributed by atoms with Gasteiger partial charge in [0.1, 0.15) is 0 Å². The van der Waals surface area contributed by atoms with Crippen molar-refractivity contribution in [1.29, 1.82) is 0 Å². The molecule has 1 amide bonds.